The topological polar surface area (TPSA) is 158 Å². The van der Waals surface area contributed by atoms with E-state index < -0.39 is 15.9 Å². The van der Waals surface area contributed by atoms with E-state index in [1.165, 1.54) is 27.1 Å². The number of aromatic nitrogens is 3. The minimum Gasteiger partial charge on any atom is -0.508 e. The number of benzene rings is 2. The molecule has 5 rings (SSSR count). The second-order valence-electron chi connectivity index (χ2n) is 11.5. The molecule has 44 heavy (non-hydrogen) atoms. The lowest BCUT2D eigenvalue weighted by molar-refractivity contribution is -0.137. The number of aromatic hydroxyl groups is 2. The van der Waals surface area contributed by atoms with Crippen LogP contribution in [0.25, 0.3) is 17.1 Å². The number of likely N-dealkylation sites (tertiary alicyclic amines) is 1. The van der Waals surface area contributed by atoms with Gasteiger partial charge < -0.3 is 20.4 Å². The molecule has 3 heterocycles. The number of piperidine rings is 2. The maximum atomic E-state index is 13.6. The van der Waals surface area contributed by atoms with E-state index in [-0.39, 0.29) is 64.4 Å². The van der Waals surface area contributed by atoms with E-state index in [1.54, 1.807) is 25.1 Å². The normalized spacial score (nSPS) is 16.8. The van der Waals surface area contributed by atoms with Crippen LogP contribution in [0.15, 0.2) is 41.3 Å². The lowest BCUT2D eigenvalue weighted by Crippen LogP contribution is -2.45. The van der Waals surface area contributed by atoms with E-state index >= 15 is 0 Å². The van der Waals surface area contributed by atoms with Crippen LogP contribution in [0.5, 0.6) is 11.5 Å². The lowest BCUT2D eigenvalue weighted by Gasteiger charge is -2.35. The summed E-state index contributed by atoms with van der Waals surface area (Å²) < 4.78 is 30.0. The van der Waals surface area contributed by atoms with E-state index in [0.717, 1.165) is 25.9 Å². The van der Waals surface area contributed by atoms with Crippen molar-refractivity contribution in [3.8, 4) is 28.6 Å². The number of amides is 2. The van der Waals surface area contributed by atoms with Crippen molar-refractivity contribution in [2.24, 2.45) is 5.92 Å². The van der Waals surface area contributed by atoms with Gasteiger partial charge in [0.25, 0.3) is 5.91 Å². The van der Waals surface area contributed by atoms with Gasteiger partial charge in [-0.1, -0.05) is 13.8 Å². The third-order valence-electron chi connectivity index (χ3n) is 8.27. The molecule has 0 unspecified atom stereocenters. The number of nitrogens with one attached hydrogen (secondary N) is 1. The number of sulfonamides is 1. The third-order valence-corrected chi connectivity index (χ3v) is 10.2. The Balaban J connectivity index is 1.42. The molecule has 0 spiro atoms. The van der Waals surface area contributed by atoms with Crippen LogP contribution < -0.4 is 5.32 Å². The highest BCUT2D eigenvalue weighted by atomic mass is 32.2. The highest BCUT2D eigenvalue weighted by molar-refractivity contribution is 7.89. The van der Waals surface area contributed by atoms with Crippen molar-refractivity contribution in [2.45, 2.75) is 57.3 Å². The Morgan fingerprint density at radius 1 is 0.977 bits per heavy atom. The molecule has 0 atom stereocenters. The van der Waals surface area contributed by atoms with Crippen LogP contribution in [0.2, 0.25) is 0 Å². The fourth-order valence-corrected chi connectivity index (χ4v) is 7.28. The summed E-state index contributed by atoms with van der Waals surface area (Å²) in [4.78, 5) is 27.9. The van der Waals surface area contributed by atoms with Crippen LogP contribution in [0.4, 0.5) is 0 Å². The molecule has 0 aliphatic carbocycles. The molecule has 0 bridgehead atoms. The van der Waals surface area contributed by atoms with Crippen LogP contribution in [-0.2, 0) is 14.8 Å². The minimum absolute atomic E-state index is 0.0469. The van der Waals surface area contributed by atoms with Crippen LogP contribution in [0.3, 0.4) is 0 Å². The van der Waals surface area contributed by atoms with Crippen molar-refractivity contribution in [1.29, 1.82) is 0 Å². The van der Waals surface area contributed by atoms with Gasteiger partial charge in [0.1, 0.15) is 11.5 Å². The minimum atomic E-state index is -3.83. The van der Waals surface area contributed by atoms with Crippen LogP contribution in [0.1, 0.15) is 68.6 Å². The van der Waals surface area contributed by atoms with E-state index in [1.807, 2.05) is 18.7 Å². The smallest absolute Gasteiger partial charge is 0.289 e. The molecule has 235 valence electrons. The van der Waals surface area contributed by atoms with Gasteiger partial charge in [-0.15, -0.1) is 10.2 Å². The molecule has 2 amide bonds. The molecule has 3 aromatic rings. The Kier molecular flexibility index (Phi) is 9.26. The summed E-state index contributed by atoms with van der Waals surface area (Å²) in [6.07, 6.45) is 4.93. The Bertz CT molecular complexity index is 1620. The van der Waals surface area contributed by atoms with Gasteiger partial charge in [0, 0.05) is 50.4 Å². The molecule has 1 aromatic heterocycles. The van der Waals surface area contributed by atoms with Crippen molar-refractivity contribution >= 4 is 21.8 Å². The molecule has 1 radical (unpaired) electrons. The number of nitrogens with zero attached hydrogens (tertiary/aromatic N) is 5. The molecule has 3 N–H and O–H groups in total. The van der Waals surface area contributed by atoms with E-state index in [9.17, 15) is 28.2 Å². The van der Waals surface area contributed by atoms with Gasteiger partial charge in [0.05, 0.1) is 10.5 Å². The van der Waals surface area contributed by atoms with Crippen molar-refractivity contribution < 1.29 is 28.2 Å². The first kappa shape index (κ1) is 31.5. The van der Waals surface area contributed by atoms with Crippen molar-refractivity contribution in [3.63, 3.8) is 0 Å². The Morgan fingerprint density at radius 2 is 1.64 bits per heavy atom. The molecule has 12 nitrogen and oxygen atoms in total. The molecule has 2 aliphatic heterocycles. The molecule has 13 heteroatoms. The van der Waals surface area contributed by atoms with Gasteiger partial charge in [-0.3, -0.25) is 14.2 Å². The van der Waals surface area contributed by atoms with Crippen molar-refractivity contribution in [1.82, 2.24) is 29.3 Å². The predicted octanol–water partition coefficient (Wildman–Crippen LogP) is 3.45. The fraction of sp³-hybridized carbons (Fsp3) is 0.452. The quantitative estimate of drug-likeness (QED) is 0.344. The standard InChI is InChI=1S/C31H39N6O6S/c1-4-32-30(40)29-34-33-28(25-18-24(20(2)3)26(38)19-27(25)39)37(29)22-8-10-23(11-9-22)44(42,43)36-16-12-21(13-17-36)31(41)35-14-6-5-7-15-35/h5,8-11,18-21,38-39H,4,6-7,12-17H2,1-3H3,(H,32,40). The first-order chi connectivity index (χ1) is 21.0. The second kappa shape index (κ2) is 12.9. The van der Waals surface area contributed by atoms with Gasteiger partial charge >= 0.3 is 0 Å². The van der Waals surface area contributed by atoms with Gasteiger partial charge in [-0.2, -0.15) is 4.31 Å². The fourth-order valence-electron chi connectivity index (χ4n) is 5.81. The SMILES string of the molecule is CCNC(=O)c1nnc(-c2cc(C(C)C)c(O)cc2O)n1-c1ccc(S(=O)(=O)N2CCC(C(=O)N3CC[CH]CC3)CC2)cc1. The van der Waals surface area contributed by atoms with Crippen molar-refractivity contribution in [2.75, 3.05) is 32.7 Å². The number of carbonyl (C=O) groups excluding carboxylic acids is 2. The Morgan fingerprint density at radius 3 is 2.25 bits per heavy atom. The maximum absolute atomic E-state index is 13.6. The Hall–Kier alpha value is -3.97. The highest BCUT2D eigenvalue weighted by Crippen LogP contribution is 2.38. The summed E-state index contributed by atoms with van der Waals surface area (Å²) in [5, 5.41) is 32.1. The molecule has 2 saturated heterocycles. The first-order valence-electron chi connectivity index (χ1n) is 15.0. The number of phenolic OH excluding ortho intramolecular Hbond substituents is 2. The van der Waals surface area contributed by atoms with Crippen molar-refractivity contribution in [3.05, 3.63) is 54.2 Å². The zero-order valence-corrected chi connectivity index (χ0v) is 26.0. The summed E-state index contributed by atoms with van der Waals surface area (Å²) in [5.41, 5.74) is 1.24. The van der Waals surface area contributed by atoms with Gasteiger partial charge in [-0.05, 0) is 80.8 Å². The summed E-state index contributed by atoms with van der Waals surface area (Å²) in [7, 11) is -3.83. The molecule has 2 fully saturated rings. The maximum Gasteiger partial charge on any atom is 0.289 e. The van der Waals surface area contributed by atoms with E-state index in [2.05, 4.69) is 21.9 Å². The summed E-state index contributed by atoms with van der Waals surface area (Å²) in [5.74, 6) is -0.822. The summed E-state index contributed by atoms with van der Waals surface area (Å²) in [6.45, 7) is 7.88. The molecule has 2 aliphatic rings. The zero-order chi connectivity index (χ0) is 31.6. The van der Waals surface area contributed by atoms with E-state index in [4.69, 9.17) is 0 Å². The van der Waals surface area contributed by atoms with E-state index in [0.29, 0.717) is 30.6 Å². The lowest BCUT2D eigenvalue weighted by atomic mass is 9.95. The summed E-state index contributed by atoms with van der Waals surface area (Å²) in [6, 6.07) is 8.89. The van der Waals surface area contributed by atoms with Gasteiger partial charge in [0.15, 0.2) is 5.82 Å². The number of rotatable bonds is 8. The number of carbonyl (C=O) groups is 2. The Labute approximate surface area is 257 Å². The van der Waals surface area contributed by atoms with Crippen LogP contribution in [0, 0.1) is 12.3 Å². The van der Waals surface area contributed by atoms with Gasteiger partial charge in [-0.25, -0.2) is 8.42 Å². The number of phenols is 2. The molecule has 0 saturated carbocycles. The van der Waals surface area contributed by atoms with Crippen LogP contribution in [-0.4, -0.2) is 87.1 Å². The number of hydrogen-bond acceptors (Lipinski definition) is 8. The third kappa shape index (κ3) is 6.16. The molecule has 2 aromatic carbocycles. The number of hydrogen-bond donors (Lipinski definition) is 3. The highest BCUT2D eigenvalue weighted by Gasteiger charge is 2.34. The van der Waals surface area contributed by atoms with Crippen LogP contribution >= 0.6 is 0 Å². The zero-order valence-electron chi connectivity index (χ0n) is 25.2. The second-order valence-corrected chi connectivity index (χ2v) is 13.4. The predicted molar refractivity (Wildman–Crippen MR) is 164 cm³/mol. The van der Waals surface area contributed by atoms with Gasteiger partial charge in [0.2, 0.25) is 21.8 Å². The molecular formula is C31H39N6O6S. The largest absolute Gasteiger partial charge is 0.508 e. The first-order valence-corrected chi connectivity index (χ1v) is 16.5. The average molecular weight is 624 g/mol. The average Bonchev–Trinajstić information content (AvgIpc) is 3.46. The monoisotopic (exact) mass is 623 g/mol. The molecular weight excluding hydrogens is 584 g/mol. The summed E-state index contributed by atoms with van der Waals surface area (Å²) >= 11 is 0.